The van der Waals surface area contributed by atoms with Crippen molar-refractivity contribution in [2.75, 3.05) is 33.4 Å². The van der Waals surface area contributed by atoms with Crippen molar-refractivity contribution in [1.29, 1.82) is 0 Å². The predicted molar refractivity (Wildman–Crippen MR) is 65.8 cm³/mol. The summed E-state index contributed by atoms with van der Waals surface area (Å²) in [6, 6.07) is 0. The fraction of sp³-hybridized carbons (Fsp3) is 0.909. The lowest BCUT2D eigenvalue weighted by Gasteiger charge is -2.32. The van der Waals surface area contributed by atoms with E-state index in [1.807, 2.05) is 6.92 Å². The highest BCUT2D eigenvalue weighted by Crippen LogP contribution is 2.15. The standard InChI is InChI=1S/C11H20BrNO3/c1-3-16-9-4-6-13(7-5-9)8-10(12)11(14)15-2/h9-10H,3-8H2,1-2H3. The molecule has 0 aromatic rings. The Kier molecular flexibility index (Phi) is 6.31. The Morgan fingerprint density at radius 2 is 2.12 bits per heavy atom. The minimum Gasteiger partial charge on any atom is -0.468 e. The number of rotatable bonds is 5. The van der Waals surface area contributed by atoms with Crippen LogP contribution in [0.25, 0.3) is 0 Å². The number of ether oxygens (including phenoxy) is 2. The predicted octanol–water partition coefficient (Wildman–Crippen LogP) is 1.42. The molecule has 1 atom stereocenters. The van der Waals surface area contributed by atoms with E-state index in [1.54, 1.807) is 0 Å². The number of likely N-dealkylation sites (tertiary alicyclic amines) is 1. The second-order valence-corrected chi connectivity index (χ2v) is 5.05. The second kappa shape index (κ2) is 7.25. The Morgan fingerprint density at radius 3 is 2.62 bits per heavy atom. The molecule has 1 heterocycles. The molecule has 5 heteroatoms. The maximum atomic E-state index is 11.2. The Hall–Kier alpha value is -0.130. The van der Waals surface area contributed by atoms with Gasteiger partial charge in [-0.15, -0.1) is 0 Å². The molecule has 0 saturated carbocycles. The monoisotopic (exact) mass is 293 g/mol. The fourth-order valence-corrected chi connectivity index (χ4v) is 2.52. The van der Waals surface area contributed by atoms with Gasteiger partial charge in [0.25, 0.3) is 0 Å². The smallest absolute Gasteiger partial charge is 0.320 e. The summed E-state index contributed by atoms with van der Waals surface area (Å²) in [5.74, 6) is -0.202. The molecule has 16 heavy (non-hydrogen) atoms. The zero-order valence-corrected chi connectivity index (χ0v) is 11.5. The molecule has 4 nitrogen and oxygen atoms in total. The minimum atomic E-state index is -0.221. The maximum absolute atomic E-state index is 11.2. The van der Waals surface area contributed by atoms with Crippen LogP contribution in [0.3, 0.4) is 0 Å². The van der Waals surface area contributed by atoms with Crippen LogP contribution in [0.1, 0.15) is 19.8 Å². The molecule has 0 spiro atoms. The van der Waals surface area contributed by atoms with Crippen LogP contribution in [0.5, 0.6) is 0 Å². The summed E-state index contributed by atoms with van der Waals surface area (Å²) in [4.78, 5) is 13.3. The second-order valence-electron chi connectivity index (χ2n) is 3.95. The number of methoxy groups -OCH3 is 1. The van der Waals surface area contributed by atoms with Crippen LogP contribution in [0, 0.1) is 0 Å². The van der Waals surface area contributed by atoms with Crippen LogP contribution >= 0.6 is 15.9 Å². The Morgan fingerprint density at radius 1 is 1.50 bits per heavy atom. The van der Waals surface area contributed by atoms with E-state index < -0.39 is 0 Å². The van der Waals surface area contributed by atoms with Crippen LogP contribution in [-0.2, 0) is 14.3 Å². The molecular weight excluding hydrogens is 274 g/mol. The molecule has 1 aliphatic rings. The zero-order valence-electron chi connectivity index (χ0n) is 9.95. The van der Waals surface area contributed by atoms with E-state index in [0.717, 1.165) is 32.5 Å². The lowest BCUT2D eigenvalue weighted by atomic mass is 10.1. The van der Waals surface area contributed by atoms with Crippen molar-refractivity contribution in [2.24, 2.45) is 0 Å². The molecule has 94 valence electrons. The van der Waals surface area contributed by atoms with Crippen LogP contribution in [0.4, 0.5) is 0 Å². The summed E-state index contributed by atoms with van der Waals surface area (Å²) < 4.78 is 10.3. The average molecular weight is 294 g/mol. The van der Waals surface area contributed by atoms with Crippen LogP contribution in [0.2, 0.25) is 0 Å². The summed E-state index contributed by atoms with van der Waals surface area (Å²) in [5.41, 5.74) is 0. The average Bonchev–Trinajstić information content (AvgIpc) is 2.31. The molecule has 0 aromatic carbocycles. The summed E-state index contributed by atoms with van der Waals surface area (Å²) in [6.07, 6.45) is 2.50. The number of nitrogens with zero attached hydrogens (tertiary/aromatic N) is 1. The number of hydrogen-bond donors (Lipinski definition) is 0. The molecule has 1 aliphatic heterocycles. The van der Waals surface area contributed by atoms with Crippen molar-refractivity contribution in [3.8, 4) is 0 Å². The van der Waals surface area contributed by atoms with Gasteiger partial charge in [0, 0.05) is 26.2 Å². The lowest BCUT2D eigenvalue weighted by Crippen LogP contribution is -2.41. The molecule has 1 rings (SSSR count). The molecular formula is C11H20BrNO3. The van der Waals surface area contributed by atoms with E-state index in [0.29, 0.717) is 12.6 Å². The van der Waals surface area contributed by atoms with Gasteiger partial charge in [0.15, 0.2) is 0 Å². The lowest BCUT2D eigenvalue weighted by molar-refractivity contribution is -0.140. The van der Waals surface area contributed by atoms with Gasteiger partial charge < -0.3 is 14.4 Å². The molecule has 1 saturated heterocycles. The first-order valence-electron chi connectivity index (χ1n) is 5.73. The van der Waals surface area contributed by atoms with Gasteiger partial charge in [0.05, 0.1) is 13.2 Å². The maximum Gasteiger partial charge on any atom is 0.320 e. The van der Waals surface area contributed by atoms with Gasteiger partial charge in [-0.1, -0.05) is 15.9 Å². The normalized spacial score (nSPS) is 20.7. The Balaban J connectivity index is 2.24. The third-order valence-corrected chi connectivity index (χ3v) is 3.48. The Labute approximate surface area is 105 Å². The first-order valence-corrected chi connectivity index (χ1v) is 6.64. The van der Waals surface area contributed by atoms with Crippen molar-refractivity contribution in [1.82, 2.24) is 4.90 Å². The summed E-state index contributed by atoms with van der Waals surface area (Å²) >= 11 is 3.34. The quantitative estimate of drug-likeness (QED) is 0.568. The van der Waals surface area contributed by atoms with Crippen molar-refractivity contribution in [3.05, 3.63) is 0 Å². The van der Waals surface area contributed by atoms with Crippen molar-refractivity contribution in [3.63, 3.8) is 0 Å². The van der Waals surface area contributed by atoms with Crippen molar-refractivity contribution in [2.45, 2.75) is 30.7 Å². The van der Waals surface area contributed by atoms with E-state index in [4.69, 9.17) is 4.74 Å². The topological polar surface area (TPSA) is 38.8 Å². The van der Waals surface area contributed by atoms with E-state index >= 15 is 0 Å². The highest BCUT2D eigenvalue weighted by Gasteiger charge is 2.24. The van der Waals surface area contributed by atoms with Gasteiger partial charge in [-0.2, -0.15) is 0 Å². The highest BCUT2D eigenvalue weighted by molar-refractivity contribution is 9.10. The van der Waals surface area contributed by atoms with E-state index in [1.165, 1.54) is 7.11 Å². The molecule has 0 aliphatic carbocycles. The third kappa shape index (κ3) is 4.39. The van der Waals surface area contributed by atoms with Gasteiger partial charge in [0.2, 0.25) is 0 Å². The number of carbonyl (C=O) groups is 1. The third-order valence-electron chi connectivity index (χ3n) is 2.81. The van der Waals surface area contributed by atoms with Gasteiger partial charge in [-0.3, -0.25) is 4.79 Å². The number of esters is 1. The van der Waals surface area contributed by atoms with Gasteiger partial charge >= 0.3 is 5.97 Å². The first kappa shape index (κ1) is 13.9. The van der Waals surface area contributed by atoms with Gasteiger partial charge in [-0.05, 0) is 19.8 Å². The van der Waals surface area contributed by atoms with Crippen LogP contribution in [0.15, 0.2) is 0 Å². The molecule has 1 fully saturated rings. The zero-order chi connectivity index (χ0) is 12.0. The van der Waals surface area contributed by atoms with Crippen LogP contribution < -0.4 is 0 Å². The summed E-state index contributed by atoms with van der Waals surface area (Å²) in [5, 5.41) is 0. The van der Waals surface area contributed by atoms with Crippen LogP contribution in [-0.4, -0.2) is 55.2 Å². The van der Waals surface area contributed by atoms with E-state index in [9.17, 15) is 4.79 Å². The molecule has 0 radical (unpaired) electrons. The Bertz CT molecular complexity index is 217. The van der Waals surface area contributed by atoms with E-state index in [2.05, 4.69) is 25.6 Å². The fourth-order valence-electron chi connectivity index (χ4n) is 1.92. The molecule has 1 unspecified atom stereocenters. The number of alkyl halides is 1. The van der Waals surface area contributed by atoms with Crippen molar-refractivity contribution >= 4 is 21.9 Å². The van der Waals surface area contributed by atoms with E-state index in [-0.39, 0.29) is 10.8 Å². The number of halogens is 1. The summed E-state index contributed by atoms with van der Waals surface area (Å²) in [7, 11) is 1.41. The SMILES string of the molecule is CCOC1CCN(CC(Br)C(=O)OC)CC1. The number of piperidine rings is 1. The molecule has 0 amide bonds. The van der Waals surface area contributed by atoms with Gasteiger partial charge in [-0.25, -0.2) is 0 Å². The number of carbonyl (C=O) groups excluding carboxylic acids is 1. The largest absolute Gasteiger partial charge is 0.468 e. The van der Waals surface area contributed by atoms with Crippen molar-refractivity contribution < 1.29 is 14.3 Å². The minimum absolute atomic E-state index is 0.202. The number of hydrogen-bond acceptors (Lipinski definition) is 4. The first-order chi connectivity index (χ1) is 7.67. The highest BCUT2D eigenvalue weighted by atomic mass is 79.9. The molecule has 0 aromatic heterocycles. The summed E-state index contributed by atoms with van der Waals surface area (Å²) in [6.45, 7) is 5.51. The van der Waals surface area contributed by atoms with Gasteiger partial charge in [0.1, 0.15) is 4.83 Å². The molecule has 0 bridgehead atoms. The molecule has 0 N–H and O–H groups in total.